The fourth-order valence-corrected chi connectivity index (χ4v) is 2.35. The summed E-state index contributed by atoms with van der Waals surface area (Å²) in [4.78, 5) is 4.05. The lowest BCUT2D eigenvalue weighted by molar-refractivity contribution is 0.477. The molecule has 4 heteroatoms. The molecule has 1 aromatic rings. The Morgan fingerprint density at radius 1 is 1.53 bits per heavy atom. The van der Waals surface area contributed by atoms with Crippen LogP contribution >= 0.6 is 23.2 Å². The molecule has 1 aromatic heterocycles. The van der Waals surface area contributed by atoms with Gasteiger partial charge in [0.25, 0.3) is 0 Å². The van der Waals surface area contributed by atoms with Gasteiger partial charge >= 0.3 is 0 Å². The van der Waals surface area contributed by atoms with Crippen LogP contribution in [0.4, 0.5) is 5.82 Å². The highest BCUT2D eigenvalue weighted by Crippen LogP contribution is 2.34. The van der Waals surface area contributed by atoms with E-state index >= 15 is 0 Å². The van der Waals surface area contributed by atoms with Crippen LogP contribution in [0.15, 0.2) is 12.3 Å². The molecule has 0 aliphatic rings. The van der Waals surface area contributed by atoms with Crippen LogP contribution in [0.3, 0.4) is 0 Å². The molecule has 1 heterocycles. The number of anilines is 1. The molecule has 1 unspecified atom stereocenters. The van der Waals surface area contributed by atoms with E-state index in [0.717, 1.165) is 12.0 Å². The largest absolute Gasteiger partial charge is 0.383 e. The summed E-state index contributed by atoms with van der Waals surface area (Å²) in [6, 6.07) is 1.86. The molecule has 0 aliphatic heterocycles. The summed E-state index contributed by atoms with van der Waals surface area (Å²) in [5.74, 6) is 0.529. The van der Waals surface area contributed by atoms with Crippen molar-refractivity contribution >= 4 is 29.0 Å². The quantitative estimate of drug-likeness (QED) is 0.828. The predicted octanol–water partition coefficient (Wildman–Crippen LogP) is 3.61. The number of nitrogen functional groups attached to an aromatic ring is 1. The SMILES string of the molecule is CC(Cl)CC(C)(C)c1cc(Cl)cnc1N. The highest BCUT2D eigenvalue weighted by atomic mass is 35.5. The van der Waals surface area contributed by atoms with Gasteiger partial charge in [0, 0.05) is 17.1 Å². The van der Waals surface area contributed by atoms with Gasteiger partial charge in [0.15, 0.2) is 0 Å². The van der Waals surface area contributed by atoms with Crippen LogP contribution in [0, 0.1) is 0 Å². The summed E-state index contributed by atoms with van der Waals surface area (Å²) in [5.41, 5.74) is 6.69. The third-order valence-electron chi connectivity index (χ3n) is 2.41. The first-order valence-corrected chi connectivity index (χ1v) is 5.70. The van der Waals surface area contributed by atoms with Crippen molar-refractivity contribution in [3.63, 3.8) is 0 Å². The number of halogens is 2. The summed E-state index contributed by atoms with van der Waals surface area (Å²) < 4.78 is 0. The highest BCUT2D eigenvalue weighted by Gasteiger charge is 2.25. The fourth-order valence-electron chi connectivity index (χ4n) is 1.81. The molecule has 0 bridgehead atoms. The fraction of sp³-hybridized carbons (Fsp3) is 0.545. The van der Waals surface area contributed by atoms with Crippen molar-refractivity contribution < 1.29 is 0 Å². The maximum atomic E-state index is 6.01. The molecule has 1 rings (SSSR count). The second-order valence-corrected chi connectivity index (χ2v) is 5.64. The minimum absolute atomic E-state index is 0.0957. The average molecular weight is 247 g/mol. The van der Waals surface area contributed by atoms with Gasteiger partial charge < -0.3 is 5.73 Å². The van der Waals surface area contributed by atoms with Gasteiger partial charge in [0.2, 0.25) is 0 Å². The van der Waals surface area contributed by atoms with Crippen LogP contribution in [0.1, 0.15) is 32.8 Å². The zero-order valence-electron chi connectivity index (χ0n) is 9.22. The van der Waals surface area contributed by atoms with Crippen LogP contribution < -0.4 is 5.73 Å². The maximum Gasteiger partial charge on any atom is 0.127 e. The molecule has 0 spiro atoms. The van der Waals surface area contributed by atoms with Crippen LogP contribution in [-0.2, 0) is 5.41 Å². The Hall–Kier alpha value is -0.470. The molecule has 0 fully saturated rings. The lowest BCUT2D eigenvalue weighted by atomic mass is 9.81. The van der Waals surface area contributed by atoms with Gasteiger partial charge in [0.1, 0.15) is 5.82 Å². The van der Waals surface area contributed by atoms with Crippen molar-refractivity contribution in [2.45, 2.75) is 38.0 Å². The monoisotopic (exact) mass is 246 g/mol. The number of nitrogens with zero attached hydrogens (tertiary/aromatic N) is 1. The van der Waals surface area contributed by atoms with E-state index in [1.54, 1.807) is 6.20 Å². The minimum atomic E-state index is -0.108. The van der Waals surface area contributed by atoms with Gasteiger partial charge in [-0.1, -0.05) is 25.4 Å². The normalized spacial score (nSPS) is 13.9. The van der Waals surface area contributed by atoms with E-state index in [1.807, 2.05) is 13.0 Å². The van der Waals surface area contributed by atoms with Crippen LogP contribution in [-0.4, -0.2) is 10.4 Å². The van der Waals surface area contributed by atoms with Gasteiger partial charge in [-0.2, -0.15) is 0 Å². The smallest absolute Gasteiger partial charge is 0.127 e. The summed E-state index contributed by atoms with van der Waals surface area (Å²) >= 11 is 11.9. The summed E-state index contributed by atoms with van der Waals surface area (Å²) in [5, 5.41) is 0.702. The highest BCUT2D eigenvalue weighted by molar-refractivity contribution is 6.30. The predicted molar refractivity (Wildman–Crippen MR) is 66.6 cm³/mol. The molecule has 0 aromatic carbocycles. The first kappa shape index (κ1) is 12.6. The molecule has 0 saturated carbocycles. The van der Waals surface area contributed by atoms with Crippen LogP contribution in [0.2, 0.25) is 5.02 Å². The van der Waals surface area contributed by atoms with E-state index < -0.39 is 0 Å². The van der Waals surface area contributed by atoms with Crippen molar-refractivity contribution in [3.05, 3.63) is 22.8 Å². The van der Waals surface area contributed by atoms with E-state index in [-0.39, 0.29) is 10.8 Å². The summed E-state index contributed by atoms with van der Waals surface area (Å²) in [7, 11) is 0. The first-order chi connectivity index (χ1) is 6.83. The molecule has 2 N–H and O–H groups in total. The summed E-state index contributed by atoms with van der Waals surface area (Å²) in [6.07, 6.45) is 2.39. The van der Waals surface area contributed by atoms with Crippen molar-refractivity contribution in [1.29, 1.82) is 0 Å². The number of pyridine rings is 1. The zero-order chi connectivity index (χ0) is 11.6. The van der Waals surface area contributed by atoms with E-state index in [2.05, 4.69) is 18.8 Å². The van der Waals surface area contributed by atoms with Crippen LogP contribution in [0.5, 0.6) is 0 Å². The maximum absolute atomic E-state index is 6.01. The molecule has 1 atom stereocenters. The van der Waals surface area contributed by atoms with Crippen molar-refractivity contribution in [3.8, 4) is 0 Å². The number of rotatable bonds is 3. The average Bonchev–Trinajstić information content (AvgIpc) is 2.06. The number of hydrogen-bond acceptors (Lipinski definition) is 2. The molecule has 0 aliphatic carbocycles. The number of nitrogens with two attached hydrogens (primary N) is 1. The Bertz CT molecular complexity index is 348. The third kappa shape index (κ3) is 3.25. The van der Waals surface area contributed by atoms with Crippen LogP contribution in [0.25, 0.3) is 0 Å². The Morgan fingerprint density at radius 3 is 2.67 bits per heavy atom. The van der Waals surface area contributed by atoms with Gasteiger partial charge in [-0.15, -0.1) is 11.6 Å². The van der Waals surface area contributed by atoms with E-state index in [4.69, 9.17) is 28.9 Å². The minimum Gasteiger partial charge on any atom is -0.383 e. The molecule has 2 nitrogen and oxygen atoms in total. The van der Waals surface area contributed by atoms with Crippen molar-refractivity contribution in [2.24, 2.45) is 0 Å². The number of hydrogen-bond donors (Lipinski definition) is 1. The first-order valence-electron chi connectivity index (χ1n) is 4.88. The Kier molecular flexibility index (Phi) is 3.85. The number of alkyl halides is 1. The van der Waals surface area contributed by atoms with Gasteiger partial charge in [0.05, 0.1) is 5.02 Å². The topological polar surface area (TPSA) is 38.9 Å². The van der Waals surface area contributed by atoms with Gasteiger partial charge in [-0.05, 0) is 24.8 Å². The second kappa shape index (κ2) is 4.58. The molecular formula is C11H16Cl2N2. The van der Waals surface area contributed by atoms with E-state index in [1.165, 1.54) is 0 Å². The Morgan fingerprint density at radius 2 is 2.13 bits per heavy atom. The molecular weight excluding hydrogens is 231 g/mol. The lowest BCUT2D eigenvalue weighted by Gasteiger charge is -2.27. The molecule has 0 radical (unpaired) electrons. The van der Waals surface area contributed by atoms with Gasteiger partial charge in [-0.3, -0.25) is 0 Å². The van der Waals surface area contributed by atoms with E-state index in [0.29, 0.717) is 10.8 Å². The van der Waals surface area contributed by atoms with E-state index in [9.17, 15) is 0 Å². The molecule has 0 saturated heterocycles. The second-order valence-electron chi connectivity index (χ2n) is 4.46. The van der Waals surface area contributed by atoms with Crippen molar-refractivity contribution in [2.75, 3.05) is 5.73 Å². The lowest BCUT2D eigenvalue weighted by Crippen LogP contribution is -2.22. The third-order valence-corrected chi connectivity index (χ3v) is 2.77. The number of aromatic nitrogens is 1. The molecule has 15 heavy (non-hydrogen) atoms. The Labute approximate surface area is 101 Å². The van der Waals surface area contributed by atoms with Gasteiger partial charge in [-0.25, -0.2) is 4.98 Å². The standard InChI is InChI=1S/C11H16Cl2N2/c1-7(12)5-11(2,3)9-4-8(13)6-15-10(9)14/h4,6-7H,5H2,1-3H3,(H2,14,15). The zero-order valence-corrected chi connectivity index (χ0v) is 10.7. The van der Waals surface area contributed by atoms with Crippen molar-refractivity contribution in [1.82, 2.24) is 4.98 Å². The summed E-state index contributed by atoms with van der Waals surface area (Å²) in [6.45, 7) is 6.16. The molecule has 0 amide bonds. The molecule has 84 valence electrons. The Balaban J connectivity index is 3.08.